The highest BCUT2D eigenvalue weighted by Crippen LogP contribution is 2.23. The number of halogens is 4. The van der Waals surface area contributed by atoms with Crippen molar-refractivity contribution in [1.82, 2.24) is 4.31 Å². The minimum Gasteiger partial charge on any atom is -0.389 e. The lowest BCUT2D eigenvalue weighted by Gasteiger charge is -2.22. The van der Waals surface area contributed by atoms with Crippen LogP contribution in [0.15, 0.2) is 23.1 Å². The van der Waals surface area contributed by atoms with E-state index in [0.29, 0.717) is 0 Å². The van der Waals surface area contributed by atoms with Crippen LogP contribution in [0.5, 0.6) is 0 Å². The van der Waals surface area contributed by atoms with Gasteiger partial charge in [-0.1, -0.05) is 19.1 Å². The van der Waals surface area contributed by atoms with Gasteiger partial charge in [0, 0.05) is 12.1 Å². The van der Waals surface area contributed by atoms with Gasteiger partial charge in [-0.2, -0.15) is 17.5 Å². The molecule has 1 aromatic carbocycles. The first-order chi connectivity index (χ1) is 9.49. The fourth-order valence-electron chi connectivity index (χ4n) is 1.57. The van der Waals surface area contributed by atoms with E-state index in [4.69, 9.17) is 5.73 Å². The Morgan fingerprint density at radius 2 is 1.95 bits per heavy atom. The molecule has 1 aromatic rings. The number of hydrogen-bond donors (Lipinski definition) is 1. The number of nitrogens with zero attached hydrogens (tertiary/aromatic N) is 1. The highest BCUT2D eigenvalue weighted by Gasteiger charge is 2.36. The maximum atomic E-state index is 13.4. The van der Waals surface area contributed by atoms with Gasteiger partial charge in [-0.15, -0.1) is 0 Å². The molecule has 0 unspecified atom stereocenters. The van der Waals surface area contributed by atoms with E-state index in [1.165, 1.54) is 6.92 Å². The molecule has 0 amide bonds. The Hall–Kier alpha value is -1.26. The van der Waals surface area contributed by atoms with E-state index >= 15 is 0 Å². The Kier molecular flexibility index (Phi) is 5.29. The van der Waals surface area contributed by atoms with E-state index in [1.54, 1.807) is 0 Å². The van der Waals surface area contributed by atoms with Crippen molar-refractivity contribution in [3.63, 3.8) is 0 Å². The average molecular weight is 344 g/mol. The number of thiocarbonyl (C=S) groups is 1. The Labute approximate surface area is 124 Å². The zero-order chi connectivity index (χ0) is 16.4. The van der Waals surface area contributed by atoms with Crippen LogP contribution in [-0.4, -0.2) is 37.0 Å². The first-order valence-corrected chi connectivity index (χ1v) is 7.50. The molecule has 0 saturated carbocycles. The van der Waals surface area contributed by atoms with Crippen molar-refractivity contribution in [3.05, 3.63) is 29.6 Å². The van der Waals surface area contributed by atoms with Crippen molar-refractivity contribution in [2.75, 3.05) is 13.1 Å². The third-order valence-corrected chi connectivity index (χ3v) is 4.69. The van der Waals surface area contributed by atoms with Gasteiger partial charge in [0.05, 0.1) is 4.90 Å². The van der Waals surface area contributed by atoms with Gasteiger partial charge in [0.1, 0.15) is 17.4 Å². The van der Waals surface area contributed by atoms with Crippen LogP contribution in [0, 0.1) is 5.82 Å². The quantitative estimate of drug-likeness (QED) is 0.656. The lowest BCUT2D eigenvalue weighted by Crippen LogP contribution is -2.38. The summed E-state index contributed by atoms with van der Waals surface area (Å²) in [5, 5.41) is 0. The number of nitrogens with two attached hydrogens (primary N) is 1. The maximum Gasteiger partial charge on any atom is 0.402 e. The molecule has 4 nitrogen and oxygen atoms in total. The number of rotatable bonds is 5. The van der Waals surface area contributed by atoms with Crippen molar-refractivity contribution < 1.29 is 26.0 Å². The summed E-state index contributed by atoms with van der Waals surface area (Å²) in [5.41, 5.74) is 4.90. The summed E-state index contributed by atoms with van der Waals surface area (Å²) >= 11 is 4.56. The van der Waals surface area contributed by atoms with Crippen molar-refractivity contribution in [2.45, 2.75) is 18.0 Å². The molecule has 0 aliphatic carbocycles. The van der Waals surface area contributed by atoms with Crippen LogP contribution >= 0.6 is 12.2 Å². The molecular formula is C11H12F4N2O2S2. The minimum atomic E-state index is -4.69. The Morgan fingerprint density at radius 3 is 2.38 bits per heavy atom. The second-order valence-electron chi connectivity index (χ2n) is 4.05. The van der Waals surface area contributed by atoms with E-state index < -0.39 is 33.5 Å². The molecule has 0 aliphatic heterocycles. The normalized spacial score (nSPS) is 12.7. The topological polar surface area (TPSA) is 63.4 Å². The summed E-state index contributed by atoms with van der Waals surface area (Å²) < 4.78 is 75.2. The molecule has 0 bridgehead atoms. The van der Waals surface area contributed by atoms with Crippen LogP contribution in [0.2, 0.25) is 0 Å². The van der Waals surface area contributed by atoms with Crippen LogP contribution in [-0.2, 0) is 10.0 Å². The SMILES string of the molecule is CCN(CC(F)(F)F)S(=O)(=O)c1ccc(F)c(C(N)=S)c1. The van der Waals surface area contributed by atoms with E-state index in [2.05, 4.69) is 12.2 Å². The van der Waals surface area contributed by atoms with Crippen molar-refractivity contribution >= 4 is 27.2 Å². The average Bonchev–Trinajstić information content (AvgIpc) is 2.34. The Morgan fingerprint density at radius 1 is 1.38 bits per heavy atom. The Bertz CT molecular complexity index is 644. The first kappa shape index (κ1) is 17.8. The molecule has 0 heterocycles. The second-order valence-corrected chi connectivity index (χ2v) is 6.43. The summed E-state index contributed by atoms with van der Waals surface area (Å²) in [6, 6.07) is 2.49. The second kappa shape index (κ2) is 6.24. The van der Waals surface area contributed by atoms with Crippen LogP contribution in [0.25, 0.3) is 0 Å². The summed E-state index contributed by atoms with van der Waals surface area (Å²) in [7, 11) is -4.43. The van der Waals surface area contributed by atoms with Gasteiger partial charge < -0.3 is 5.73 Å². The molecule has 0 saturated heterocycles. The van der Waals surface area contributed by atoms with Gasteiger partial charge in [-0.05, 0) is 18.2 Å². The summed E-state index contributed by atoms with van der Waals surface area (Å²) in [6.07, 6.45) is -4.69. The van der Waals surface area contributed by atoms with Crippen molar-refractivity contribution in [3.8, 4) is 0 Å². The lowest BCUT2D eigenvalue weighted by atomic mass is 10.2. The van der Waals surface area contributed by atoms with E-state index in [-0.39, 0.29) is 21.4 Å². The van der Waals surface area contributed by atoms with E-state index in [1.807, 2.05) is 0 Å². The molecule has 2 N–H and O–H groups in total. The van der Waals surface area contributed by atoms with Gasteiger partial charge in [-0.25, -0.2) is 12.8 Å². The van der Waals surface area contributed by atoms with Gasteiger partial charge >= 0.3 is 6.18 Å². The minimum absolute atomic E-state index is 0.240. The van der Waals surface area contributed by atoms with Crippen LogP contribution in [0.4, 0.5) is 17.6 Å². The molecule has 0 atom stereocenters. The van der Waals surface area contributed by atoms with Gasteiger partial charge in [0.25, 0.3) is 0 Å². The molecule has 0 radical (unpaired) electrons. The molecule has 0 aliphatic rings. The zero-order valence-electron chi connectivity index (χ0n) is 10.8. The standard InChI is InChI=1S/C11H12F4N2O2S2/c1-2-17(6-11(13,14)15)21(18,19)7-3-4-9(12)8(5-7)10(16)20/h3-5H,2,6H2,1H3,(H2,16,20). The third-order valence-electron chi connectivity index (χ3n) is 2.55. The maximum absolute atomic E-state index is 13.4. The highest BCUT2D eigenvalue weighted by molar-refractivity contribution is 7.89. The van der Waals surface area contributed by atoms with Crippen LogP contribution in [0.3, 0.4) is 0 Å². The highest BCUT2D eigenvalue weighted by atomic mass is 32.2. The van der Waals surface area contributed by atoms with E-state index in [9.17, 15) is 26.0 Å². The van der Waals surface area contributed by atoms with Crippen LogP contribution < -0.4 is 5.73 Å². The zero-order valence-corrected chi connectivity index (χ0v) is 12.4. The predicted molar refractivity (Wildman–Crippen MR) is 72.8 cm³/mol. The predicted octanol–water partition coefficient (Wildman–Crippen LogP) is 2.03. The van der Waals surface area contributed by atoms with Gasteiger partial charge in [0.2, 0.25) is 10.0 Å². The van der Waals surface area contributed by atoms with Crippen molar-refractivity contribution in [2.24, 2.45) is 5.73 Å². The molecule has 0 spiro atoms. The fourth-order valence-corrected chi connectivity index (χ4v) is 3.19. The summed E-state index contributed by atoms with van der Waals surface area (Å²) in [6.45, 7) is -0.755. The van der Waals surface area contributed by atoms with Crippen LogP contribution in [0.1, 0.15) is 12.5 Å². The van der Waals surface area contributed by atoms with Crippen molar-refractivity contribution in [1.29, 1.82) is 0 Å². The molecule has 118 valence electrons. The molecule has 0 aromatic heterocycles. The molecular weight excluding hydrogens is 332 g/mol. The first-order valence-electron chi connectivity index (χ1n) is 5.65. The summed E-state index contributed by atoms with van der Waals surface area (Å²) in [4.78, 5) is -0.888. The molecule has 1 rings (SSSR count). The molecule has 0 fully saturated rings. The van der Waals surface area contributed by atoms with Gasteiger partial charge in [-0.3, -0.25) is 0 Å². The Balaban J connectivity index is 3.29. The monoisotopic (exact) mass is 344 g/mol. The largest absolute Gasteiger partial charge is 0.402 e. The fraction of sp³-hybridized carbons (Fsp3) is 0.364. The van der Waals surface area contributed by atoms with E-state index in [0.717, 1.165) is 18.2 Å². The summed E-state index contributed by atoms with van der Waals surface area (Å²) in [5.74, 6) is -0.847. The molecule has 10 heteroatoms. The number of alkyl halides is 3. The number of sulfonamides is 1. The smallest absolute Gasteiger partial charge is 0.389 e. The third kappa shape index (κ3) is 4.35. The number of hydrogen-bond acceptors (Lipinski definition) is 3. The lowest BCUT2D eigenvalue weighted by molar-refractivity contribution is -0.135. The molecule has 21 heavy (non-hydrogen) atoms. The van der Waals surface area contributed by atoms with Gasteiger partial charge in [0.15, 0.2) is 0 Å². The number of benzene rings is 1.